The van der Waals surface area contributed by atoms with Gasteiger partial charge in [0, 0.05) is 6.20 Å². The number of hydrazone groups is 1. The molecule has 5 nitrogen and oxygen atoms in total. The summed E-state index contributed by atoms with van der Waals surface area (Å²) >= 11 is 2.09. The van der Waals surface area contributed by atoms with Crippen LogP contribution in [0.4, 0.5) is 23.4 Å². The molecule has 0 radical (unpaired) electrons. The van der Waals surface area contributed by atoms with Gasteiger partial charge in [-0.15, -0.1) is 0 Å². The van der Waals surface area contributed by atoms with Gasteiger partial charge in [-0.2, -0.15) is 18.3 Å². The summed E-state index contributed by atoms with van der Waals surface area (Å²) in [5.41, 5.74) is 3.22. The lowest BCUT2D eigenvalue weighted by molar-refractivity contribution is -0.137. The molecule has 0 aliphatic rings. The van der Waals surface area contributed by atoms with Crippen LogP contribution in [-0.4, -0.2) is 18.3 Å². The van der Waals surface area contributed by atoms with E-state index in [9.17, 15) is 17.6 Å². The minimum absolute atomic E-state index is 0.171. The molecule has 0 fully saturated rings. The third-order valence-corrected chi connectivity index (χ3v) is 4.83. The summed E-state index contributed by atoms with van der Waals surface area (Å²) in [5.74, 6) is 0.856. The van der Waals surface area contributed by atoms with Crippen LogP contribution in [0, 0.1) is 9.39 Å². The van der Waals surface area contributed by atoms with Crippen LogP contribution in [0.1, 0.15) is 16.7 Å². The number of nitrogens with zero attached hydrogens (tertiary/aromatic N) is 2. The molecule has 10 heteroatoms. The highest BCUT2D eigenvalue weighted by Gasteiger charge is 2.30. The minimum Gasteiger partial charge on any atom is -0.493 e. The van der Waals surface area contributed by atoms with Gasteiger partial charge < -0.3 is 9.47 Å². The van der Waals surface area contributed by atoms with Crippen LogP contribution in [0.15, 0.2) is 59.8 Å². The molecule has 1 N–H and O–H groups in total. The minimum atomic E-state index is -4.44. The number of methoxy groups -OCH3 is 1. The summed E-state index contributed by atoms with van der Waals surface area (Å²) in [4.78, 5) is 3.69. The average molecular weight is 545 g/mol. The zero-order valence-corrected chi connectivity index (χ0v) is 18.2. The molecule has 0 saturated heterocycles. The van der Waals surface area contributed by atoms with Gasteiger partial charge in [0.1, 0.15) is 18.2 Å². The Morgan fingerprint density at radius 2 is 1.87 bits per heavy atom. The molecular weight excluding hydrogens is 529 g/mol. The van der Waals surface area contributed by atoms with E-state index in [1.54, 1.807) is 24.3 Å². The number of hydrogen-bond acceptors (Lipinski definition) is 5. The molecule has 0 unspecified atom stereocenters. The molecule has 0 atom stereocenters. The van der Waals surface area contributed by atoms with Crippen LogP contribution < -0.4 is 14.9 Å². The lowest BCUT2D eigenvalue weighted by atomic mass is 10.2. The van der Waals surface area contributed by atoms with Gasteiger partial charge in [0.2, 0.25) is 0 Å². The number of rotatable bonds is 7. The molecule has 0 aliphatic heterocycles. The highest BCUT2D eigenvalue weighted by molar-refractivity contribution is 14.1. The van der Waals surface area contributed by atoms with Crippen molar-refractivity contribution in [3.8, 4) is 11.5 Å². The topological polar surface area (TPSA) is 55.7 Å². The summed E-state index contributed by atoms with van der Waals surface area (Å²) in [5, 5.41) is 4.00. The Kier molecular flexibility index (Phi) is 7.31. The molecule has 3 aromatic rings. The van der Waals surface area contributed by atoms with E-state index in [4.69, 9.17) is 9.47 Å². The smallest absolute Gasteiger partial charge is 0.417 e. The number of pyridine rings is 1. The monoisotopic (exact) mass is 545 g/mol. The van der Waals surface area contributed by atoms with Gasteiger partial charge in [0.15, 0.2) is 11.5 Å². The molecule has 0 amide bonds. The molecule has 2 aromatic carbocycles. The maximum atomic E-state index is 13.0. The molecule has 0 aliphatic carbocycles. The molecular formula is C21H16F4IN3O2. The number of aromatic nitrogens is 1. The van der Waals surface area contributed by atoms with Gasteiger partial charge in [-0.3, -0.25) is 5.43 Å². The van der Waals surface area contributed by atoms with Crippen molar-refractivity contribution in [3.05, 3.63) is 80.8 Å². The first-order chi connectivity index (χ1) is 14.8. The lowest BCUT2D eigenvalue weighted by Gasteiger charge is -2.13. The Morgan fingerprint density at radius 1 is 1.13 bits per heavy atom. The maximum absolute atomic E-state index is 13.0. The number of hydrogen-bond donors (Lipinski definition) is 1. The van der Waals surface area contributed by atoms with Gasteiger partial charge in [-0.25, -0.2) is 9.37 Å². The standard InChI is InChI=1S/C21H16F4IN3O2/c1-30-18-9-14(10-28-29-19-7-4-15(11-27-19)21(23,24)25)8-17(26)20(18)31-12-13-2-5-16(22)6-3-13/h2-11H,12H2,1H3,(H,27,29)/b28-10-. The third kappa shape index (κ3) is 6.29. The van der Waals surface area contributed by atoms with Crippen molar-refractivity contribution in [3.63, 3.8) is 0 Å². The molecule has 0 spiro atoms. The number of ether oxygens (including phenoxy) is 2. The summed E-state index contributed by atoms with van der Waals surface area (Å²) in [7, 11) is 1.50. The highest BCUT2D eigenvalue weighted by Crippen LogP contribution is 2.34. The maximum Gasteiger partial charge on any atom is 0.417 e. The molecule has 1 aromatic heterocycles. The molecule has 1 heterocycles. The van der Waals surface area contributed by atoms with E-state index >= 15 is 0 Å². The van der Waals surface area contributed by atoms with Crippen LogP contribution in [0.3, 0.4) is 0 Å². The highest BCUT2D eigenvalue weighted by atomic mass is 127. The van der Waals surface area contributed by atoms with Gasteiger partial charge in [-0.1, -0.05) is 12.1 Å². The summed E-state index contributed by atoms with van der Waals surface area (Å²) in [6, 6.07) is 11.6. The number of anilines is 1. The number of halogens is 5. The van der Waals surface area contributed by atoms with Gasteiger partial charge in [0.25, 0.3) is 0 Å². The van der Waals surface area contributed by atoms with Crippen LogP contribution in [0.2, 0.25) is 0 Å². The number of alkyl halides is 3. The summed E-state index contributed by atoms with van der Waals surface area (Å²) in [6.45, 7) is 0.237. The second-order valence-corrected chi connectivity index (χ2v) is 7.41. The fourth-order valence-electron chi connectivity index (χ4n) is 2.49. The average Bonchev–Trinajstić information content (AvgIpc) is 2.73. The first kappa shape index (κ1) is 22.8. The Morgan fingerprint density at radius 3 is 2.48 bits per heavy atom. The van der Waals surface area contributed by atoms with E-state index in [-0.39, 0.29) is 18.2 Å². The van der Waals surface area contributed by atoms with E-state index in [1.807, 2.05) is 0 Å². The second-order valence-electron chi connectivity index (χ2n) is 6.25. The Bertz CT molecular complexity index is 1060. The zero-order chi connectivity index (χ0) is 22.4. The van der Waals surface area contributed by atoms with Crippen molar-refractivity contribution in [1.29, 1.82) is 0 Å². The van der Waals surface area contributed by atoms with E-state index in [1.165, 1.54) is 31.5 Å². The first-order valence-corrected chi connectivity index (χ1v) is 9.91. The molecule has 162 valence electrons. The fourth-order valence-corrected chi connectivity index (χ4v) is 3.27. The quantitative estimate of drug-likeness (QED) is 0.175. The van der Waals surface area contributed by atoms with Crippen molar-refractivity contribution in [1.82, 2.24) is 4.98 Å². The number of nitrogens with one attached hydrogen (secondary N) is 1. The van der Waals surface area contributed by atoms with Crippen molar-refractivity contribution < 1.29 is 27.0 Å². The predicted octanol–water partition coefficient (Wildman–Crippen LogP) is 5.88. The van der Waals surface area contributed by atoms with Crippen LogP contribution in [0.25, 0.3) is 0 Å². The van der Waals surface area contributed by atoms with E-state index in [0.29, 0.717) is 17.1 Å². The van der Waals surface area contributed by atoms with Crippen LogP contribution in [0.5, 0.6) is 11.5 Å². The Labute approximate surface area is 189 Å². The zero-order valence-electron chi connectivity index (χ0n) is 16.1. The van der Waals surface area contributed by atoms with Crippen molar-refractivity contribution >= 4 is 34.6 Å². The van der Waals surface area contributed by atoms with E-state index in [0.717, 1.165) is 21.4 Å². The summed E-state index contributed by atoms with van der Waals surface area (Å²) in [6.07, 6.45) is -2.23. The lowest BCUT2D eigenvalue weighted by Crippen LogP contribution is -2.05. The molecule has 3 rings (SSSR count). The Balaban J connectivity index is 1.68. The molecule has 0 bridgehead atoms. The predicted molar refractivity (Wildman–Crippen MR) is 117 cm³/mol. The molecule has 0 saturated carbocycles. The number of benzene rings is 2. The largest absolute Gasteiger partial charge is 0.493 e. The first-order valence-electron chi connectivity index (χ1n) is 8.83. The van der Waals surface area contributed by atoms with Crippen molar-refractivity contribution in [2.45, 2.75) is 12.8 Å². The van der Waals surface area contributed by atoms with Gasteiger partial charge >= 0.3 is 6.18 Å². The van der Waals surface area contributed by atoms with E-state index < -0.39 is 11.7 Å². The van der Waals surface area contributed by atoms with Crippen LogP contribution >= 0.6 is 22.6 Å². The van der Waals surface area contributed by atoms with Gasteiger partial charge in [0.05, 0.1) is 22.5 Å². The Hall–Kier alpha value is -2.89. The fraction of sp³-hybridized carbons (Fsp3) is 0.143. The van der Waals surface area contributed by atoms with Crippen molar-refractivity contribution in [2.24, 2.45) is 5.10 Å². The summed E-state index contributed by atoms with van der Waals surface area (Å²) < 4.78 is 62.7. The molecule has 31 heavy (non-hydrogen) atoms. The second kappa shape index (κ2) is 9.94. The third-order valence-electron chi connectivity index (χ3n) is 4.03. The van der Waals surface area contributed by atoms with Crippen molar-refractivity contribution in [2.75, 3.05) is 12.5 Å². The normalized spacial score (nSPS) is 11.5. The van der Waals surface area contributed by atoms with E-state index in [2.05, 4.69) is 38.1 Å². The van der Waals surface area contributed by atoms with Gasteiger partial charge in [-0.05, 0) is 70.1 Å². The SMILES string of the molecule is COc1cc(/C=N\Nc2ccc(C(F)(F)F)cn2)cc(I)c1OCc1ccc(F)cc1. The van der Waals surface area contributed by atoms with Crippen LogP contribution in [-0.2, 0) is 12.8 Å².